The predicted octanol–water partition coefficient (Wildman–Crippen LogP) is 5.10. The zero-order valence-corrected chi connectivity index (χ0v) is 16.4. The lowest BCUT2D eigenvalue weighted by Crippen LogP contribution is -2.21. The molecule has 3 rings (SSSR count). The summed E-state index contributed by atoms with van der Waals surface area (Å²) >= 11 is 0. The Morgan fingerprint density at radius 3 is 2.66 bits per heavy atom. The number of amides is 1. The smallest absolute Gasteiger partial charge is 0.304 e. The van der Waals surface area contributed by atoms with Gasteiger partial charge in [0.15, 0.2) is 11.8 Å². The number of rotatable bonds is 7. The minimum absolute atomic E-state index is 0.00290. The van der Waals surface area contributed by atoms with Crippen molar-refractivity contribution in [1.29, 1.82) is 5.26 Å². The summed E-state index contributed by atoms with van der Waals surface area (Å²) in [5, 5.41) is 28.0. The summed E-state index contributed by atoms with van der Waals surface area (Å²) in [5.41, 5.74) is 1.63. The maximum atomic E-state index is 12.3. The molecule has 0 fully saturated rings. The van der Waals surface area contributed by atoms with Gasteiger partial charge in [-0.3, -0.25) is 4.79 Å². The number of para-hydroxylation sites is 1. The van der Waals surface area contributed by atoms with Gasteiger partial charge in [-0.05, 0) is 43.7 Å². The number of ether oxygens (including phenoxy) is 1. The van der Waals surface area contributed by atoms with Crippen molar-refractivity contribution in [1.82, 2.24) is 4.57 Å². The lowest BCUT2D eigenvalue weighted by molar-refractivity contribution is -0.124. The molecule has 29 heavy (non-hydrogen) atoms. The van der Waals surface area contributed by atoms with Crippen LogP contribution in [0.3, 0.4) is 0 Å². The fraction of sp³-hybridized carbons (Fsp3) is 0.273. The number of aromatic hydroxyl groups is 1. The zero-order chi connectivity index (χ0) is 20.8. The van der Waals surface area contributed by atoms with Gasteiger partial charge in [-0.25, -0.2) is 0 Å². The molecule has 0 aliphatic rings. The van der Waals surface area contributed by atoms with E-state index in [-0.39, 0.29) is 11.6 Å². The zero-order valence-electron chi connectivity index (χ0n) is 16.4. The Kier molecular flexibility index (Phi) is 6.25. The summed E-state index contributed by atoms with van der Waals surface area (Å²) in [7, 11) is 0. The Balaban J connectivity index is 1.79. The van der Waals surface area contributed by atoms with E-state index in [0.717, 1.165) is 23.7 Å². The lowest BCUT2D eigenvalue weighted by atomic mass is 10.2. The molecule has 2 aromatic carbocycles. The van der Waals surface area contributed by atoms with Gasteiger partial charge in [0.05, 0.1) is 17.1 Å². The van der Waals surface area contributed by atoms with Gasteiger partial charge in [0.1, 0.15) is 5.75 Å². The van der Waals surface area contributed by atoms with Crippen LogP contribution >= 0.6 is 0 Å². The first-order valence-electron chi connectivity index (χ1n) is 9.47. The van der Waals surface area contributed by atoms with E-state index < -0.39 is 12.0 Å². The molecule has 1 aromatic heterocycles. The normalized spacial score (nSPS) is 12.2. The van der Waals surface area contributed by atoms with Crippen molar-refractivity contribution in [3.05, 3.63) is 54.1 Å². The molecular formula is C22H22N4O3. The van der Waals surface area contributed by atoms with Crippen LogP contribution in [0.1, 0.15) is 32.3 Å². The number of nitrogens with zero attached hydrogens (tertiary/aromatic N) is 4. The SMILES string of the molecule is CCCCn1c(O)c(N=NC(=O)C(C)Oc2ccc(C#N)cc2)c2ccccc21. The summed E-state index contributed by atoms with van der Waals surface area (Å²) in [6, 6.07) is 16.0. The summed E-state index contributed by atoms with van der Waals surface area (Å²) in [5.74, 6) is -0.116. The molecular weight excluding hydrogens is 368 g/mol. The number of aromatic nitrogens is 1. The Morgan fingerprint density at radius 1 is 1.24 bits per heavy atom. The summed E-state index contributed by atoms with van der Waals surface area (Å²) in [6.45, 7) is 4.31. The third-order valence-corrected chi connectivity index (χ3v) is 4.55. The van der Waals surface area contributed by atoms with Crippen LogP contribution in [0.2, 0.25) is 0 Å². The van der Waals surface area contributed by atoms with Crippen molar-refractivity contribution >= 4 is 22.5 Å². The molecule has 1 atom stereocenters. The average molecular weight is 390 g/mol. The molecule has 0 aliphatic carbocycles. The first-order chi connectivity index (χ1) is 14.0. The second kappa shape index (κ2) is 9.02. The second-order valence-corrected chi connectivity index (χ2v) is 6.63. The van der Waals surface area contributed by atoms with Crippen molar-refractivity contribution < 1.29 is 14.6 Å². The number of benzene rings is 2. The maximum absolute atomic E-state index is 12.3. The van der Waals surface area contributed by atoms with Crippen LogP contribution in [-0.4, -0.2) is 21.7 Å². The largest absolute Gasteiger partial charge is 0.493 e. The van der Waals surface area contributed by atoms with Crippen LogP contribution in [-0.2, 0) is 11.3 Å². The van der Waals surface area contributed by atoms with Crippen molar-refractivity contribution in [2.45, 2.75) is 39.3 Å². The highest BCUT2D eigenvalue weighted by molar-refractivity contribution is 5.95. The number of aryl methyl sites for hydroxylation is 1. The molecule has 7 nitrogen and oxygen atoms in total. The first kappa shape index (κ1) is 20.1. The van der Waals surface area contributed by atoms with Crippen molar-refractivity contribution in [2.75, 3.05) is 0 Å². The highest BCUT2D eigenvalue weighted by atomic mass is 16.5. The van der Waals surface area contributed by atoms with E-state index in [1.165, 1.54) is 0 Å². The van der Waals surface area contributed by atoms with Crippen LogP contribution in [0.4, 0.5) is 5.69 Å². The molecule has 0 saturated carbocycles. The number of hydrogen-bond donors (Lipinski definition) is 1. The molecule has 0 saturated heterocycles. The van der Waals surface area contributed by atoms with E-state index in [2.05, 4.69) is 17.2 Å². The van der Waals surface area contributed by atoms with Crippen LogP contribution in [0.5, 0.6) is 11.6 Å². The number of nitriles is 1. The molecule has 1 heterocycles. The Labute approximate surface area is 168 Å². The minimum atomic E-state index is -0.859. The Bertz CT molecular complexity index is 1080. The number of carbonyl (C=O) groups excluding carboxylic acids is 1. The summed E-state index contributed by atoms with van der Waals surface area (Å²) < 4.78 is 7.35. The Hall–Kier alpha value is -3.66. The highest BCUT2D eigenvalue weighted by Gasteiger charge is 2.18. The monoisotopic (exact) mass is 390 g/mol. The topological polar surface area (TPSA) is 100.0 Å². The van der Waals surface area contributed by atoms with Gasteiger partial charge in [-0.15, -0.1) is 10.2 Å². The molecule has 0 spiro atoms. The van der Waals surface area contributed by atoms with Gasteiger partial charge in [-0.1, -0.05) is 31.5 Å². The first-order valence-corrected chi connectivity index (χ1v) is 9.47. The highest BCUT2D eigenvalue weighted by Crippen LogP contribution is 2.39. The van der Waals surface area contributed by atoms with E-state index in [0.29, 0.717) is 17.9 Å². The van der Waals surface area contributed by atoms with E-state index in [1.54, 1.807) is 35.8 Å². The summed E-state index contributed by atoms with van der Waals surface area (Å²) in [6.07, 6.45) is 1.05. The third-order valence-electron chi connectivity index (χ3n) is 4.55. The molecule has 148 valence electrons. The number of fused-ring (bicyclic) bond motifs is 1. The van der Waals surface area contributed by atoms with E-state index in [1.807, 2.05) is 30.3 Å². The standard InChI is InChI=1S/C22H22N4O3/c1-3-4-13-26-19-8-6-5-7-18(19)20(22(26)28)24-25-21(27)15(2)29-17-11-9-16(14-23)10-12-17/h5-12,15,28H,3-4,13H2,1-2H3. The van der Waals surface area contributed by atoms with Gasteiger partial charge in [0, 0.05) is 11.9 Å². The molecule has 3 aromatic rings. The summed E-state index contributed by atoms with van der Waals surface area (Å²) in [4.78, 5) is 12.3. The Morgan fingerprint density at radius 2 is 1.97 bits per heavy atom. The number of hydrogen-bond acceptors (Lipinski definition) is 5. The second-order valence-electron chi connectivity index (χ2n) is 6.63. The maximum Gasteiger partial charge on any atom is 0.304 e. The molecule has 1 unspecified atom stereocenters. The van der Waals surface area contributed by atoms with Crippen LogP contribution in [0.25, 0.3) is 10.9 Å². The van der Waals surface area contributed by atoms with Gasteiger partial charge >= 0.3 is 5.91 Å². The molecule has 7 heteroatoms. The fourth-order valence-corrected chi connectivity index (χ4v) is 2.96. The van der Waals surface area contributed by atoms with Crippen LogP contribution in [0, 0.1) is 11.3 Å². The van der Waals surface area contributed by atoms with Gasteiger partial charge in [0.25, 0.3) is 0 Å². The number of unbranched alkanes of at least 4 members (excludes halogenated alkanes) is 1. The molecule has 0 radical (unpaired) electrons. The molecule has 1 amide bonds. The van der Waals surface area contributed by atoms with Gasteiger partial charge < -0.3 is 14.4 Å². The van der Waals surface area contributed by atoms with Crippen LogP contribution in [0.15, 0.2) is 58.8 Å². The van der Waals surface area contributed by atoms with Crippen molar-refractivity contribution in [3.63, 3.8) is 0 Å². The molecule has 0 bridgehead atoms. The lowest BCUT2D eigenvalue weighted by Gasteiger charge is -2.10. The van der Waals surface area contributed by atoms with E-state index >= 15 is 0 Å². The van der Waals surface area contributed by atoms with E-state index in [4.69, 9.17) is 10.00 Å². The number of azo groups is 1. The number of carbonyl (C=O) groups is 1. The third kappa shape index (κ3) is 4.43. The molecule has 0 aliphatic heterocycles. The quantitative estimate of drug-likeness (QED) is 0.567. The van der Waals surface area contributed by atoms with Crippen molar-refractivity contribution in [3.8, 4) is 17.7 Å². The predicted molar refractivity (Wildman–Crippen MR) is 109 cm³/mol. The van der Waals surface area contributed by atoms with E-state index in [9.17, 15) is 9.90 Å². The van der Waals surface area contributed by atoms with Crippen molar-refractivity contribution in [2.24, 2.45) is 10.2 Å². The fourth-order valence-electron chi connectivity index (χ4n) is 2.96. The average Bonchev–Trinajstić information content (AvgIpc) is 3.01. The molecule has 1 N–H and O–H groups in total. The minimum Gasteiger partial charge on any atom is -0.493 e. The van der Waals surface area contributed by atoms with Crippen LogP contribution < -0.4 is 4.74 Å². The van der Waals surface area contributed by atoms with Gasteiger partial charge in [0.2, 0.25) is 5.88 Å². The van der Waals surface area contributed by atoms with Gasteiger partial charge in [-0.2, -0.15) is 5.26 Å².